The lowest BCUT2D eigenvalue weighted by Crippen LogP contribution is -2.37. The number of hydrogen-bond donors (Lipinski definition) is 2. The predicted octanol–water partition coefficient (Wildman–Crippen LogP) is 2.88. The van der Waals surface area contributed by atoms with Crippen molar-refractivity contribution in [3.8, 4) is 0 Å². The number of carbonyl (C=O) groups excluding carboxylic acids is 1. The zero-order valence-electron chi connectivity index (χ0n) is 10.4. The predicted molar refractivity (Wildman–Crippen MR) is 74.6 cm³/mol. The third-order valence-corrected chi connectivity index (χ3v) is 3.92. The first-order valence-corrected chi connectivity index (χ1v) is 7.13. The molecule has 1 saturated carbocycles. The van der Waals surface area contributed by atoms with Crippen molar-refractivity contribution < 1.29 is 14.7 Å². The number of benzene rings is 1. The minimum absolute atomic E-state index is 0.0301. The molecule has 1 aliphatic carbocycles. The summed E-state index contributed by atoms with van der Waals surface area (Å²) in [6.07, 6.45) is 2.79. The Kier molecular flexibility index (Phi) is 4.58. The highest BCUT2D eigenvalue weighted by Crippen LogP contribution is 2.28. The molecule has 0 aromatic heterocycles. The number of nitrogens with one attached hydrogen (secondary N) is 1. The van der Waals surface area contributed by atoms with Crippen molar-refractivity contribution in [1.82, 2.24) is 5.32 Å². The van der Waals surface area contributed by atoms with Gasteiger partial charge in [0.05, 0.1) is 12.5 Å². The summed E-state index contributed by atoms with van der Waals surface area (Å²) in [7, 11) is 0. The van der Waals surface area contributed by atoms with Crippen LogP contribution in [0.15, 0.2) is 28.7 Å². The Labute approximate surface area is 120 Å². The average molecular weight is 326 g/mol. The van der Waals surface area contributed by atoms with Crippen LogP contribution in [0.25, 0.3) is 0 Å². The summed E-state index contributed by atoms with van der Waals surface area (Å²) in [4.78, 5) is 22.9. The summed E-state index contributed by atoms with van der Waals surface area (Å²) >= 11 is 3.36. The van der Waals surface area contributed by atoms with Gasteiger partial charge < -0.3 is 10.4 Å². The molecule has 0 radical (unpaired) electrons. The van der Waals surface area contributed by atoms with E-state index in [0.29, 0.717) is 0 Å². The summed E-state index contributed by atoms with van der Waals surface area (Å²) in [5, 5.41) is 11.8. The van der Waals surface area contributed by atoms with Crippen molar-refractivity contribution in [3.63, 3.8) is 0 Å². The Morgan fingerprint density at radius 3 is 2.68 bits per heavy atom. The Morgan fingerprint density at radius 1 is 1.42 bits per heavy atom. The van der Waals surface area contributed by atoms with Gasteiger partial charge in [-0.15, -0.1) is 0 Å². The van der Waals surface area contributed by atoms with Crippen molar-refractivity contribution in [1.29, 1.82) is 0 Å². The van der Waals surface area contributed by atoms with E-state index >= 15 is 0 Å². The van der Waals surface area contributed by atoms with Gasteiger partial charge in [0.15, 0.2) is 0 Å². The molecule has 0 aliphatic heterocycles. The van der Waals surface area contributed by atoms with E-state index in [1.54, 1.807) is 0 Å². The zero-order chi connectivity index (χ0) is 13.8. The third-order valence-electron chi connectivity index (χ3n) is 3.42. The Hall–Kier alpha value is -1.36. The van der Waals surface area contributed by atoms with Gasteiger partial charge in [-0.05, 0) is 30.5 Å². The second-order valence-electron chi connectivity index (χ2n) is 4.84. The van der Waals surface area contributed by atoms with Gasteiger partial charge >= 0.3 is 5.97 Å². The first kappa shape index (κ1) is 14.1. The number of carbonyl (C=O) groups is 2. The van der Waals surface area contributed by atoms with Crippen molar-refractivity contribution in [2.75, 3.05) is 0 Å². The molecular weight excluding hydrogens is 310 g/mol. The highest BCUT2D eigenvalue weighted by Gasteiger charge is 2.28. The van der Waals surface area contributed by atoms with E-state index < -0.39 is 12.0 Å². The SMILES string of the molecule is O=C(O)CC(NC(=O)C1CCC1)c1cccc(Br)c1. The van der Waals surface area contributed by atoms with Crippen LogP contribution in [0.5, 0.6) is 0 Å². The Morgan fingerprint density at radius 2 is 2.16 bits per heavy atom. The minimum Gasteiger partial charge on any atom is -0.481 e. The van der Waals surface area contributed by atoms with E-state index in [4.69, 9.17) is 5.11 Å². The van der Waals surface area contributed by atoms with E-state index in [9.17, 15) is 9.59 Å². The monoisotopic (exact) mass is 325 g/mol. The van der Waals surface area contributed by atoms with Gasteiger partial charge in [-0.3, -0.25) is 9.59 Å². The van der Waals surface area contributed by atoms with Crippen molar-refractivity contribution in [2.45, 2.75) is 31.7 Å². The molecule has 19 heavy (non-hydrogen) atoms. The summed E-state index contributed by atoms with van der Waals surface area (Å²) in [6, 6.07) is 6.91. The molecule has 4 nitrogen and oxygen atoms in total. The van der Waals surface area contributed by atoms with Gasteiger partial charge in [-0.1, -0.05) is 34.5 Å². The lowest BCUT2D eigenvalue weighted by molar-refractivity contribution is -0.138. The molecule has 0 heterocycles. The quantitative estimate of drug-likeness (QED) is 0.874. The topological polar surface area (TPSA) is 66.4 Å². The van der Waals surface area contributed by atoms with Gasteiger partial charge in [-0.2, -0.15) is 0 Å². The maximum absolute atomic E-state index is 12.0. The lowest BCUT2D eigenvalue weighted by atomic mass is 9.84. The standard InChI is InChI=1S/C14H16BrNO3/c15-11-6-2-5-10(7-11)12(8-13(17)18)16-14(19)9-3-1-4-9/h2,5-7,9,12H,1,3-4,8H2,(H,16,19)(H,17,18). The highest BCUT2D eigenvalue weighted by molar-refractivity contribution is 9.10. The first-order chi connectivity index (χ1) is 9.06. The molecule has 0 bridgehead atoms. The van der Waals surface area contributed by atoms with Crippen molar-refractivity contribution in [3.05, 3.63) is 34.3 Å². The van der Waals surface area contributed by atoms with E-state index in [1.165, 1.54) is 0 Å². The van der Waals surface area contributed by atoms with Crippen molar-refractivity contribution >= 4 is 27.8 Å². The third kappa shape index (κ3) is 3.80. The normalized spacial score (nSPS) is 16.5. The van der Waals surface area contributed by atoms with Crippen LogP contribution in [0, 0.1) is 5.92 Å². The lowest BCUT2D eigenvalue weighted by Gasteiger charge is -2.27. The molecule has 5 heteroatoms. The summed E-state index contributed by atoms with van der Waals surface area (Å²) in [5.41, 5.74) is 0.810. The number of carboxylic acid groups (broad SMARTS) is 1. The molecule has 1 unspecified atom stereocenters. The number of aliphatic carboxylic acids is 1. The van der Waals surface area contributed by atoms with E-state index in [-0.39, 0.29) is 18.2 Å². The van der Waals surface area contributed by atoms with Crippen LogP contribution < -0.4 is 5.32 Å². The average Bonchev–Trinajstić information content (AvgIpc) is 2.25. The number of rotatable bonds is 5. The molecule has 1 aromatic carbocycles. The summed E-state index contributed by atoms with van der Waals surface area (Å²) < 4.78 is 0.873. The molecule has 102 valence electrons. The molecule has 0 saturated heterocycles. The van der Waals surface area contributed by atoms with Crippen LogP contribution in [-0.4, -0.2) is 17.0 Å². The maximum atomic E-state index is 12.0. The zero-order valence-corrected chi connectivity index (χ0v) is 12.0. The van der Waals surface area contributed by atoms with Gasteiger partial charge in [0.25, 0.3) is 0 Å². The Bertz CT molecular complexity index is 485. The maximum Gasteiger partial charge on any atom is 0.305 e. The van der Waals surface area contributed by atoms with Crippen molar-refractivity contribution in [2.24, 2.45) is 5.92 Å². The van der Waals surface area contributed by atoms with Gasteiger partial charge in [-0.25, -0.2) is 0 Å². The molecule has 1 atom stereocenters. The summed E-state index contributed by atoms with van der Waals surface area (Å²) in [5.74, 6) is -0.889. The Balaban J connectivity index is 2.10. The number of hydrogen-bond acceptors (Lipinski definition) is 2. The van der Waals surface area contributed by atoms with Crippen LogP contribution in [0.3, 0.4) is 0 Å². The van der Waals surface area contributed by atoms with Crippen LogP contribution in [0.1, 0.15) is 37.3 Å². The smallest absolute Gasteiger partial charge is 0.305 e. The summed E-state index contributed by atoms with van der Waals surface area (Å²) in [6.45, 7) is 0. The van der Waals surface area contributed by atoms with Crippen LogP contribution in [0.2, 0.25) is 0 Å². The van der Waals surface area contributed by atoms with Crippen LogP contribution in [0.4, 0.5) is 0 Å². The second-order valence-corrected chi connectivity index (χ2v) is 5.76. The fourth-order valence-electron chi connectivity index (χ4n) is 2.11. The number of carboxylic acids is 1. The molecule has 2 rings (SSSR count). The molecule has 1 aromatic rings. The molecule has 2 N–H and O–H groups in total. The van der Waals surface area contributed by atoms with Gasteiger partial charge in [0, 0.05) is 10.4 Å². The van der Waals surface area contributed by atoms with Gasteiger partial charge in [0.1, 0.15) is 0 Å². The fraction of sp³-hybridized carbons (Fsp3) is 0.429. The number of halogens is 1. The second kappa shape index (κ2) is 6.19. The van der Waals surface area contributed by atoms with E-state index in [0.717, 1.165) is 29.3 Å². The highest BCUT2D eigenvalue weighted by atomic mass is 79.9. The van der Waals surface area contributed by atoms with Crippen LogP contribution in [-0.2, 0) is 9.59 Å². The largest absolute Gasteiger partial charge is 0.481 e. The van der Waals surface area contributed by atoms with Crippen LogP contribution >= 0.6 is 15.9 Å². The van der Waals surface area contributed by atoms with E-state index in [2.05, 4.69) is 21.2 Å². The molecule has 1 aliphatic rings. The fourth-order valence-corrected chi connectivity index (χ4v) is 2.53. The molecular formula is C14H16BrNO3. The number of amides is 1. The first-order valence-electron chi connectivity index (χ1n) is 6.34. The van der Waals surface area contributed by atoms with E-state index in [1.807, 2.05) is 24.3 Å². The molecule has 1 amide bonds. The van der Waals surface area contributed by atoms with Gasteiger partial charge in [0.2, 0.25) is 5.91 Å². The minimum atomic E-state index is -0.918. The molecule has 1 fully saturated rings. The molecule has 0 spiro atoms.